The largest absolute Gasteiger partial charge is 0.479 e. The Bertz CT molecular complexity index is 1030. The van der Waals surface area contributed by atoms with E-state index in [1.165, 1.54) is 7.11 Å². The van der Waals surface area contributed by atoms with E-state index in [2.05, 4.69) is 10.6 Å². The lowest BCUT2D eigenvalue weighted by Gasteiger charge is -2.29. The smallest absolute Gasteiger partial charge is 0.407 e. The number of benzene rings is 2. The van der Waals surface area contributed by atoms with Crippen LogP contribution in [0.4, 0.5) is 4.79 Å². The molecule has 1 heterocycles. The number of carbonyl (C=O) groups excluding carboxylic acids is 2. The van der Waals surface area contributed by atoms with E-state index < -0.39 is 35.7 Å². The van der Waals surface area contributed by atoms with Crippen LogP contribution in [0.1, 0.15) is 30.4 Å². The van der Waals surface area contributed by atoms with E-state index in [4.69, 9.17) is 14.2 Å². The third-order valence-corrected chi connectivity index (χ3v) is 6.53. The maximum absolute atomic E-state index is 13.0. The summed E-state index contributed by atoms with van der Waals surface area (Å²) in [5.41, 5.74) is 2.82. The molecule has 1 unspecified atom stereocenters. The van der Waals surface area contributed by atoms with Gasteiger partial charge in [0.2, 0.25) is 5.91 Å². The van der Waals surface area contributed by atoms with E-state index in [9.17, 15) is 19.5 Å². The number of aliphatic carboxylic acids is 1. The molecule has 1 aliphatic carbocycles. The lowest BCUT2D eigenvalue weighted by molar-refractivity contribution is -0.148. The number of nitrogens with one attached hydrogen (secondary N) is 2. The van der Waals surface area contributed by atoms with Gasteiger partial charge in [-0.25, -0.2) is 9.59 Å². The molecular formula is C25H28N2O7. The first-order valence-corrected chi connectivity index (χ1v) is 11.1. The summed E-state index contributed by atoms with van der Waals surface area (Å²) in [5, 5.41) is 14.7. The standard InChI is InChI=1S/C25H28N2O7/c1-15(32-2)21(22(28)27-25(23(29)30)11-12-33-14-25)26-24(31)34-13-20-18-9-5-3-7-16(18)17-8-4-6-10-19(17)20/h3-10,15,20-21H,11-14H2,1-2H3,(H,26,31)(H,27,28)(H,29,30)/t15-,21+,25?/m1/s1. The summed E-state index contributed by atoms with van der Waals surface area (Å²) in [7, 11) is 1.40. The van der Waals surface area contributed by atoms with Crippen molar-refractivity contribution in [3.8, 4) is 11.1 Å². The van der Waals surface area contributed by atoms with E-state index in [1.54, 1.807) is 6.92 Å². The summed E-state index contributed by atoms with van der Waals surface area (Å²) < 4.78 is 16.0. The fourth-order valence-corrected chi connectivity index (χ4v) is 4.50. The molecule has 9 nitrogen and oxygen atoms in total. The average Bonchev–Trinajstić information content (AvgIpc) is 3.44. The molecule has 1 fully saturated rings. The third-order valence-electron chi connectivity index (χ3n) is 6.53. The van der Waals surface area contributed by atoms with E-state index >= 15 is 0 Å². The van der Waals surface area contributed by atoms with Crippen molar-refractivity contribution < 1.29 is 33.7 Å². The summed E-state index contributed by atoms with van der Waals surface area (Å²) in [5.74, 6) is -2.00. The molecule has 1 aliphatic heterocycles. The van der Waals surface area contributed by atoms with E-state index in [-0.39, 0.29) is 32.2 Å². The molecule has 4 rings (SSSR count). The van der Waals surface area contributed by atoms with E-state index in [0.717, 1.165) is 22.3 Å². The Labute approximate surface area is 197 Å². The second-order valence-electron chi connectivity index (χ2n) is 8.57. The van der Waals surface area contributed by atoms with Gasteiger partial charge in [0.05, 0.1) is 12.7 Å². The zero-order valence-electron chi connectivity index (χ0n) is 19.1. The number of fused-ring (bicyclic) bond motifs is 3. The zero-order valence-corrected chi connectivity index (χ0v) is 19.1. The first-order valence-electron chi connectivity index (χ1n) is 11.1. The van der Waals surface area contributed by atoms with E-state index in [0.29, 0.717) is 0 Å². The number of hydrogen-bond donors (Lipinski definition) is 3. The van der Waals surface area contributed by atoms with Gasteiger partial charge in [0, 0.05) is 26.1 Å². The van der Waals surface area contributed by atoms with Crippen LogP contribution >= 0.6 is 0 Å². The normalized spacial score (nSPS) is 20.6. The number of ether oxygens (including phenoxy) is 3. The van der Waals surface area contributed by atoms with Gasteiger partial charge >= 0.3 is 12.1 Å². The predicted octanol–water partition coefficient (Wildman–Crippen LogP) is 2.29. The van der Waals surface area contributed by atoms with Crippen LogP contribution in [-0.4, -0.2) is 67.7 Å². The van der Waals surface area contributed by atoms with Crippen LogP contribution in [0.3, 0.4) is 0 Å². The molecule has 3 atom stereocenters. The summed E-state index contributed by atoms with van der Waals surface area (Å²) in [6.45, 7) is 1.76. The van der Waals surface area contributed by atoms with Crippen molar-refractivity contribution in [3.63, 3.8) is 0 Å². The lowest BCUT2D eigenvalue weighted by Crippen LogP contribution is -2.62. The molecule has 0 spiro atoms. The minimum absolute atomic E-state index is 0.0858. The SMILES string of the molecule is CO[C@H](C)[C@H](NC(=O)OCC1c2ccccc2-c2ccccc21)C(=O)NC1(C(=O)O)CCOC1. The number of carboxylic acid groups (broad SMARTS) is 1. The monoisotopic (exact) mass is 468 g/mol. The number of hydrogen-bond acceptors (Lipinski definition) is 6. The summed E-state index contributed by atoms with van der Waals surface area (Å²) in [6.07, 6.45) is -1.39. The highest BCUT2D eigenvalue weighted by atomic mass is 16.5. The number of amides is 2. The van der Waals surface area contributed by atoms with Crippen molar-refractivity contribution in [1.29, 1.82) is 0 Å². The summed E-state index contributed by atoms with van der Waals surface area (Å²) >= 11 is 0. The van der Waals surface area contributed by atoms with Crippen molar-refractivity contribution in [2.45, 2.75) is 36.9 Å². The molecular weight excluding hydrogens is 440 g/mol. The molecule has 34 heavy (non-hydrogen) atoms. The Morgan fingerprint density at radius 2 is 1.74 bits per heavy atom. The van der Waals surface area contributed by atoms with Crippen molar-refractivity contribution in [1.82, 2.24) is 10.6 Å². The molecule has 3 N–H and O–H groups in total. The Balaban J connectivity index is 1.44. The number of rotatable bonds is 8. The van der Waals surface area contributed by atoms with Crippen LogP contribution in [0.15, 0.2) is 48.5 Å². The highest BCUT2D eigenvalue weighted by Crippen LogP contribution is 2.44. The molecule has 180 valence electrons. The second kappa shape index (κ2) is 9.82. The van der Waals surface area contributed by atoms with Gasteiger partial charge in [-0.1, -0.05) is 48.5 Å². The maximum atomic E-state index is 13.0. The number of carbonyl (C=O) groups is 3. The van der Waals surface area contributed by atoms with Crippen LogP contribution in [0.5, 0.6) is 0 Å². The van der Waals surface area contributed by atoms with Crippen LogP contribution < -0.4 is 10.6 Å². The topological polar surface area (TPSA) is 123 Å². The fourth-order valence-electron chi connectivity index (χ4n) is 4.50. The van der Waals surface area contributed by atoms with Crippen molar-refractivity contribution in [2.24, 2.45) is 0 Å². The summed E-state index contributed by atoms with van der Waals surface area (Å²) in [6, 6.07) is 14.8. The highest BCUT2D eigenvalue weighted by Gasteiger charge is 2.45. The van der Waals surface area contributed by atoms with Crippen LogP contribution in [0, 0.1) is 0 Å². The predicted molar refractivity (Wildman–Crippen MR) is 122 cm³/mol. The average molecular weight is 469 g/mol. The minimum atomic E-state index is -1.54. The quantitative estimate of drug-likeness (QED) is 0.543. The van der Waals surface area contributed by atoms with Gasteiger partial charge in [-0.2, -0.15) is 0 Å². The molecule has 0 radical (unpaired) electrons. The molecule has 0 saturated carbocycles. The van der Waals surface area contributed by atoms with Crippen molar-refractivity contribution in [3.05, 3.63) is 59.7 Å². The Kier molecular flexibility index (Phi) is 6.85. The number of carboxylic acids is 1. The highest BCUT2D eigenvalue weighted by molar-refractivity contribution is 5.92. The first kappa shape index (κ1) is 23.7. The first-order chi connectivity index (χ1) is 16.4. The minimum Gasteiger partial charge on any atom is -0.479 e. The van der Waals surface area contributed by atoms with Crippen molar-refractivity contribution >= 4 is 18.0 Å². The third kappa shape index (κ3) is 4.49. The molecule has 1 saturated heterocycles. The second-order valence-corrected chi connectivity index (χ2v) is 8.57. The van der Waals surface area contributed by atoms with Crippen LogP contribution in [0.25, 0.3) is 11.1 Å². The Morgan fingerprint density at radius 3 is 2.26 bits per heavy atom. The van der Waals surface area contributed by atoms with Crippen molar-refractivity contribution in [2.75, 3.05) is 26.9 Å². The molecule has 2 aromatic carbocycles. The van der Waals surface area contributed by atoms with E-state index in [1.807, 2.05) is 48.5 Å². The van der Waals surface area contributed by atoms with Gasteiger partial charge < -0.3 is 30.0 Å². The Morgan fingerprint density at radius 1 is 1.12 bits per heavy atom. The maximum Gasteiger partial charge on any atom is 0.407 e. The molecule has 9 heteroatoms. The van der Waals surface area contributed by atoms with Crippen LogP contribution in [-0.2, 0) is 23.8 Å². The summed E-state index contributed by atoms with van der Waals surface area (Å²) in [4.78, 5) is 37.4. The molecule has 2 amide bonds. The van der Waals surface area contributed by atoms with Gasteiger partial charge in [-0.15, -0.1) is 0 Å². The Hall–Kier alpha value is -3.43. The number of methoxy groups -OCH3 is 1. The van der Waals surface area contributed by atoms with Gasteiger partial charge in [-0.05, 0) is 29.2 Å². The van der Waals surface area contributed by atoms with Gasteiger partial charge in [0.1, 0.15) is 12.6 Å². The zero-order chi connectivity index (χ0) is 24.3. The fraction of sp³-hybridized carbons (Fsp3) is 0.400. The van der Waals surface area contributed by atoms with Crippen LogP contribution in [0.2, 0.25) is 0 Å². The van der Waals surface area contributed by atoms with Gasteiger partial charge in [0.15, 0.2) is 5.54 Å². The molecule has 0 aromatic heterocycles. The lowest BCUT2D eigenvalue weighted by atomic mass is 9.97. The van der Waals surface area contributed by atoms with Gasteiger partial charge in [-0.3, -0.25) is 4.79 Å². The van der Waals surface area contributed by atoms with Gasteiger partial charge in [0.25, 0.3) is 0 Å². The number of alkyl carbamates (subject to hydrolysis) is 1. The molecule has 2 aromatic rings. The molecule has 2 aliphatic rings. The molecule has 0 bridgehead atoms.